The third kappa shape index (κ3) is 6.50. The van der Waals surface area contributed by atoms with Gasteiger partial charge in [0.25, 0.3) is 11.5 Å². The highest BCUT2D eigenvalue weighted by atomic mass is 35.5. The fraction of sp³-hybridized carbons (Fsp3) is 0.261. The van der Waals surface area contributed by atoms with Gasteiger partial charge in [-0.1, -0.05) is 17.7 Å². The summed E-state index contributed by atoms with van der Waals surface area (Å²) in [5.74, 6) is -1.23. The number of thiophene rings is 1. The van der Waals surface area contributed by atoms with E-state index in [1.807, 2.05) is 7.05 Å². The molecular weight excluding hydrogens is 467 g/mol. The number of rotatable bonds is 5. The van der Waals surface area contributed by atoms with Crippen molar-refractivity contribution in [2.24, 2.45) is 11.7 Å². The Labute approximate surface area is 199 Å². The second kappa shape index (κ2) is 11.2. The van der Waals surface area contributed by atoms with Gasteiger partial charge >= 0.3 is 0 Å². The van der Waals surface area contributed by atoms with E-state index in [2.05, 4.69) is 10.6 Å². The van der Waals surface area contributed by atoms with E-state index >= 15 is 0 Å². The monoisotopic (exact) mass is 490 g/mol. The van der Waals surface area contributed by atoms with Crippen molar-refractivity contribution in [2.75, 3.05) is 12.4 Å². The zero-order chi connectivity index (χ0) is 24.0. The van der Waals surface area contributed by atoms with E-state index in [1.54, 1.807) is 36.5 Å². The van der Waals surface area contributed by atoms with Crippen molar-refractivity contribution in [1.29, 1.82) is 0 Å². The summed E-state index contributed by atoms with van der Waals surface area (Å²) < 4.78 is 16.3. The van der Waals surface area contributed by atoms with Crippen molar-refractivity contribution < 1.29 is 14.0 Å². The molecule has 4 rings (SSSR count). The lowest BCUT2D eigenvalue weighted by atomic mass is 10.1. The molecule has 0 spiro atoms. The van der Waals surface area contributed by atoms with Crippen LogP contribution in [0.1, 0.15) is 28.9 Å². The molecule has 0 saturated heterocycles. The van der Waals surface area contributed by atoms with Gasteiger partial charge in [-0.3, -0.25) is 19.0 Å². The molecule has 2 heterocycles. The first-order valence-electron chi connectivity index (χ1n) is 10.3. The van der Waals surface area contributed by atoms with E-state index in [0.29, 0.717) is 20.9 Å². The summed E-state index contributed by atoms with van der Waals surface area (Å²) in [6.07, 6.45) is 4.09. The second-order valence-corrected chi connectivity index (χ2v) is 9.24. The van der Waals surface area contributed by atoms with Crippen LogP contribution in [-0.2, 0) is 4.79 Å². The minimum atomic E-state index is -0.556. The molecule has 2 unspecified atom stereocenters. The molecule has 2 atom stereocenters. The highest BCUT2D eigenvalue weighted by Crippen LogP contribution is 2.27. The highest BCUT2D eigenvalue weighted by molar-refractivity contribution is 7.17. The smallest absolute Gasteiger partial charge is 0.258 e. The van der Waals surface area contributed by atoms with E-state index < -0.39 is 11.7 Å². The minimum Gasteiger partial charge on any atom is -0.365 e. The predicted molar refractivity (Wildman–Crippen MR) is 129 cm³/mol. The van der Waals surface area contributed by atoms with Crippen LogP contribution >= 0.6 is 22.9 Å². The van der Waals surface area contributed by atoms with Crippen molar-refractivity contribution in [1.82, 2.24) is 9.88 Å². The second-order valence-electron chi connectivity index (χ2n) is 7.53. The number of nitrogens with one attached hydrogen (secondary N) is 2. The molecule has 10 heteroatoms. The molecule has 7 nitrogen and oxygen atoms in total. The molecule has 1 fully saturated rings. The Morgan fingerprint density at radius 1 is 1.18 bits per heavy atom. The van der Waals surface area contributed by atoms with E-state index in [-0.39, 0.29) is 23.1 Å². The van der Waals surface area contributed by atoms with Crippen LogP contribution in [0.15, 0.2) is 59.5 Å². The van der Waals surface area contributed by atoms with Crippen LogP contribution < -0.4 is 21.9 Å². The number of pyridine rings is 1. The molecule has 33 heavy (non-hydrogen) atoms. The van der Waals surface area contributed by atoms with Crippen molar-refractivity contribution in [3.8, 4) is 5.69 Å². The van der Waals surface area contributed by atoms with Crippen LogP contribution in [0.5, 0.6) is 0 Å². The van der Waals surface area contributed by atoms with E-state index in [9.17, 15) is 18.8 Å². The van der Waals surface area contributed by atoms with Crippen molar-refractivity contribution >= 4 is 40.4 Å². The SMILES string of the molecule is CNC1CCC(C(=O)Nc2ccc(-n3ccccc3=O)cc2F)C1.NC(=O)c1ccc(Cl)s1. The van der Waals surface area contributed by atoms with Gasteiger partial charge in [0, 0.05) is 30.3 Å². The number of carbonyl (C=O) groups is 2. The van der Waals surface area contributed by atoms with Gasteiger partial charge in [0.15, 0.2) is 0 Å². The minimum absolute atomic E-state index is 0.0988. The zero-order valence-corrected chi connectivity index (χ0v) is 19.5. The quantitative estimate of drug-likeness (QED) is 0.505. The number of aromatic nitrogens is 1. The molecule has 4 N–H and O–H groups in total. The summed E-state index contributed by atoms with van der Waals surface area (Å²) in [6, 6.07) is 12.7. The maximum atomic E-state index is 14.3. The molecule has 2 aromatic heterocycles. The number of benzene rings is 1. The molecule has 1 aliphatic carbocycles. The van der Waals surface area contributed by atoms with Crippen molar-refractivity contribution in [3.63, 3.8) is 0 Å². The van der Waals surface area contributed by atoms with Gasteiger partial charge in [-0.25, -0.2) is 4.39 Å². The fourth-order valence-electron chi connectivity index (χ4n) is 3.56. The van der Waals surface area contributed by atoms with Crippen LogP contribution in [0.25, 0.3) is 5.69 Å². The third-order valence-electron chi connectivity index (χ3n) is 5.34. The molecule has 1 saturated carbocycles. The molecule has 0 bridgehead atoms. The Kier molecular flexibility index (Phi) is 8.37. The van der Waals surface area contributed by atoms with Crippen LogP contribution in [0.3, 0.4) is 0 Å². The summed E-state index contributed by atoms with van der Waals surface area (Å²) >= 11 is 6.70. The molecule has 1 aliphatic rings. The maximum Gasteiger partial charge on any atom is 0.258 e. The van der Waals surface area contributed by atoms with Crippen LogP contribution in [-0.4, -0.2) is 29.5 Å². The lowest BCUT2D eigenvalue weighted by molar-refractivity contribution is -0.119. The fourth-order valence-corrected chi connectivity index (χ4v) is 4.45. The maximum absolute atomic E-state index is 14.3. The number of hydrogen-bond donors (Lipinski definition) is 3. The van der Waals surface area contributed by atoms with E-state index in [1.165, 1.54) is 34.1 Å². The van der Waals surface area contributed by atoms with Crippen LogP contribution in [0.4, 0.5) is 10.1 Å². The van der Waals surface area contributed by atoms with E-state index in [4.69, 9.17) is 17.3 Å². The largest absolute Gasteiger partial charge is 0.365 e. The molecule has 0 radical (unpaired) electrons. The number of carbonyl (C=O) groups excluding carboxylic acids is 2. The highest BCUT2D eigenvalue weighted by Gasteiger charge is 2.29. The number of nitrogens with zero attached hydrogens (tertiary/aromatic N) is 1. The Hall–Kier alpha value is -3.01. The topological polar surface area (TPSA) is 106 Å². The van der Waals surface area contributed by atoms with Crippen LogP contribution in [0.2, 0.25) is 4.34 Å². The summed E-state index contributed by atoms with van der Waals surface area (Å²) in [5.41, 5.74) is 5.26. The Morgan fingerprint density at radius 2 is 1.97 bits per heavy atom. The van der Waals surface area contributed by atoms with Gasteiger partial charge in [-0.2, -0.15) is 0 Å². The van der Waals surface area contributed by atoms with Gasteiger partial charge in [-0.15, -0.1) is 11.3 Å². The van der Waals surface area contributed by atoms with Gasteiger partial charge in [0.1, 0.15) is 5.82 Å². The molecule has 0 aliphatic heterocycles. The first-order chi connectivity index (χ1) is 15.8. The number of nitrogens with two attached hydrogens (primary N) is 1. The van der Waals surface area contributed by atoms with Gasteiger partial charge in [0.2, 0.25) is 5.91 Å². The summed E-state index contributed by atoms with van der Waals surface area (Å²) in [6.45, 7) is 0. The first-order valence-corrected chi connectivity index (χ1v) is 11.5. The van der Waals surface area contributed by atoms with E-state index in [0.717, 1.165) is 19.3 Å². The summed E-state index contributed by atoms with van der Waals surface area (Å²) in [5, 5.41) is 5.83. The summed E-state index contributed by atoms with van der Waals surface area (Å²) in [7, 11) is 1.88. The molecule has 3 aromatic rings. The van der Waals surface area contributed by atoms with Gasteiger partial charge in [0.05, 0.1) is 20.6 Å². The molecule has 1 aromatic carbocycles. The predicted octanol–water partition coefficient (Wildman–Crippen LogP) is 3.80. The lowest BCUT2D eigenvalue weighted by Crippen LogP contribution is -2.25. The standard InChI is InChI=1S/C18H20FN3O2.C5H4ClNOS/c1-20-13-6-5-12(10-13)18(24)21-16-8-7-14(11-15(16)19)22-9-3-2-4-17(22)23;6-4-2-1-3(9-4)5(7)8/h2-4,7-9,11-13,20H,5-6,10H2,1H3,(H,21,24);1-2H,(H2,7,8). The van der Waals surface area contributed by atoms with Crippen molar-refractivity contribution in [3.05, 3.63) is 80.1 Å². The average Bonchev–Trinajstić information content (AvgIpc) is 3.45. The Morgan fingerprint density at radius 3 is 2.52 bits per heavy atom. The normalized spacial score (nSPS) is 17.2. The first kappa shape index (κ1) is 24.6. The summed E-state index contributed by atoms with van der Waals surface area (Å²) in [4.78, 5) is 35.0. The van der Waals surface area contributed by atoms with Crippen molar-refractivity contribution in [2.45, 2.75) is 25.3 Å². The lowest BCUT2D eigenvalue weighted by Gasteiger charge is -2.13. The van der Waals surface area contributed by atoms with Gasteiger partial charge < -0.3 is 16.4 Å². The van der Waals surface area contributed by atoms with Crippen LogP contribution in [0, 0.1) is 11.7 Å². The Bertz CT molecular complexity index is 1200. The number of primary amides is 1. The number of hydrogen-bond acceptors (Lipinski definition) is 5. The zero-order valence-electron chi connectivity index (χ0n) is 17.9. The average molecular weight is 491 g/mol. The van der Waals surface area contributed by atoms with Gasteiger partial charge in [-0.05, 0) is 56.6 Å². The number of halogens is 2. The molecule has 174 valence electrons. The third-order valence-corrected chi connectivity index (χ3v) is 6.58. The number of anilines is 1. The molecule has 2 amide bonds. The molecular formula is C23H24ClFN4O3S. The Balaban J connectivity index is 0.000000286. The number of amides is 2.